The molecule has 0 aliphatic carbocycles. The van der Waals surface area contributed by atoms with Crippen LogP contribution in [0.2, 0.25) is 0 Å². The van der Waals surface area contributed by atoms with E-state index in [1.54, 1.807) is 24.1 Å². The summed E-state index contributed by atoms with van der Waals surface area (Å²) in [5.41, 5.74) is 0.286. The summed E-state index contributed by atoms with van der Waals surface area (Å²) in [5.74, 6) is 0.749. The Morgan fingerprint density at radius 2 is 1.95 bits per heavy atom. The molecule has 1 N–H and O–H groups in total. The van der Waals surface area contributed by atoms with Gasteiger partial charge in [0.15, 0.2) is 0 Å². The number of phenolic OH excluding ortho intramolecular Hbond substituents is 1. The van der Waals surface area contributed by atoms with E-state index in [-0.39, 0.29) is 17.2 Å². The van der Waals surface area contributed by atoms with Crippen molar-refractivity contribution in [2.75, 3.05) is 40.8 Å². The van der Waals surface area contributed by atoms with Gasteiger partial charge in [-0.1, -0.05) is 13.8 Å². The second-order valence-electron chi connectivity index (χ2n) is 5.83. The maximum Gasteiger partial charge on any atom is 0.257 e. The molecule has 0 radical (unpaired) electrons. The minimum absolute atomic E-state index is 0.0144. The van der Waals surface area contributed by atoms with E-state index in [0.717, 1.165) is 6.54 Å². The summed E-state index contributed by atoms with van der Waals surface area (Å²) in [5, 5.41) is 9.95. The third-order valence-corrected chi connectivity index (χ3v) is 3.12. The first-order valence-electron chi connectivity index (χ1n) is 7.16. The average Bonchev–Trinajstić information content (AvgIpc) is 2.42. The Morgan fingerprint density at radius 1 is 1.29 bits per heavy atom. The first kappa shape index (κ1) is 17.3. The predicted octanol–water partition coefficient (Wildman–Crippen LogP) is 2.06. The number of amides is 1. The highest BCUT2D eigenvalue weighted by Gasteiger charge is 2.20. The molecule has 0 saturated carbocycles. The summed E-state index contributed by atoms with van der Waals surface area (Å²) in [6, 6.07) is 4.71. The number of methoxy groups -OCH3 is 1. The molecule has 1 amide bonds. The van der Waals surface area contributed by atoms with E-state index in [4.69, 9.17) is 4.74 Å². The van der Waals surface area contributed by atoms with Gasteiger partial charge in [-0.15, -0.1) is 0 Å². The lowest BCUT2D eigenvalue weighted by Crippen LogP contribution is -2.39. The molecule has 5 heteroatoms. The Kier molecular flexibility index (Phi) is 6.49. The first-order valence-corrected chi connectivity index (χ1v) is 7.16. The number of hydrogen-bond donors (Lipinski definition) is 1. The van der Waals surface area contributed by atoms with Crippen LogP contribution in [-0.4, -0.2) is 61.7 Å². The third kappa shape index (κ3) is 5.27. The quantitative estimate of drug-likeness (QED) is 0.836. The fraction of sp³-hybridized carbons (Fsp3) is 0.562. The number of hydrogen-bond acceptors (Lipinski definition) is 4. The maximum absolute atomic E-state index is 12.7. The SMILES string of the molecule is COc1ccc(O)c(C(=O)N(CCN(C)C)CC(C)C)c1. The fourth-order valence-electron chi connectivity index (χ4n) is 2.02. The van der Waals surface area contributed by atoms with Crippen molar-refractivity contribution in [1.82, 2.24) is 9.80 Å². The number of likely N-dealkylation sites (N-methyl/N-ethyl adjacent to an activating group) is 1. The van der Waals surface area contributed by atoms with Gasteiger partial charge in [-0.05, 0) is 38.2 Å². The van der Waals surface area contributed by atoms with Gasteiger partial charge >= 0.3 is 0 Å². The molecule has 0 atom stereocenters. The normalized spacial score (nSPS) is 11.0. The van der Waals surface area contributed by atoms with Crippen LogP contribution < -0.4 is 4.74 Å². The Bertz CT molecular complexity index is 473. The molecule has 21 heavy (non-hydrogen) atoms. The number of carbonyl (C=O) groups is 1. The number of benzene rings is 1. The third-order valence-electron chi connectivity index (χ3n) is 3.12. The molecule has 0 fully saturated rings. The van der Waals surface area contributed by atoms with Crippen molar-refractivity contribution in [1.29, 1.82) is 0 Å². The smallest absolute Gasteiger partial charge is 0.257 e. The van der Waals surface area contributed by atoms with Crippen molar-refractivity contribution in [2.45, 2.75) is 13.8 Å². The van der Waals surface area contributed by atoms with Gasteiger partial charge in [0.25, 0.3) is 5.91 Å². The first-order chi connectivity index (χ1) is 9.85. The number of phenols is 1. The second kappa shape index (κ2) is 7.88. The van der Waals surface area contributed by atoms with Gasteiger partial charge in [0.2, 0.25) is 0 Å². The highest BCUT2D eigenvalue weighted by atomic mass is 16.5. The monoisotopic (exact) mass is 294 g/mol. The van der Waals surface area contributed by atoms with Crippen LogP contribution in [-0.2, 0) is 0 Å². The van der Waals surface area contributed by atoms with Crippen molar-refractivity contribution in [3.8, 4) is 11.5 Å². The van der Waals surface area contributed by atoms with Crippen molar-refractivity contribution >= 4 is 5.91 Å². The zero-order valence-electron chi connectivity index (χ0n) is 13.6. The predicted molar refractivity (Wildman–Crippen MR) is 84.0 cm³/mol. The minimum Gasteiger partial charge on any atom is -0.507 e. The lowest BCUT2D eigenvalue weighted by Gasteiger charge is -2.26. The molecular weight excluding hydrogens is 268 g/mol. The molecule has 1 rings (SSSR count). The molecule has 1 aromatic carbocycles. The van der Waals surface area contributed by atoms with E-state index >= 15 is 0 Å². The molecule has 0 saturated heterocycles. The lowest BCUT2D eigenvalue weighted by atomic mass is 10.1. The van der Waals surface area contributed by atoms with Crippen molar-refractivity contribution in [3.63, 3.8) is 0 Å². The number of ether oxygens (including phenoxy) is 1. The van der Waals surface area contributed by atoms with Crippen LogP contribution >= 0.6 is 0 Å². The van der Waals surface area contributed by atoms with Crippen LogP contribution in [0.5, 0.6) is 11.5 Å². The van der Waals surface area contributed by atoms with Crippen molar-refractivity contribution in [2.24, 2.45) is 5.92 Å². The van der Waals surface area contributed by atoms with Crippen LogP contribution in [0.4, 0.5) is 0 Å². The fourth-order valence-corrected chi connectivity index (χ4v) is 2.02. The van der Waals surface area contributed by atoms with Gasteiger partial charge in [0, 0.05) is 19.6 Å². The summed E-state index contributed by atoms with van der Waals surface area (Å²) in [7, 11) is 5.49. The summed E-state index contributed by atoms with van der Waals surface area (Å²) in [6.07, 6.45) is 0. The average molecular weight is 294 g/mol. The van der Waals surface area contributed by atoms with Crippen molar-refractivity contribution in [3.05, 3.63) is 23.8 Å². The van der Waals surface area contributed by atoms with Crippen LogP contribution in [0.15, 0.2) is 18.2 Å². The van der Waals surface area contributed by atoms with Gasteiger partial charge in [-0.25, -0.2) is 0 Å². The molecule has 0 bridgehead atoms. The number of rotatable bonds is 7. The Labute approximate surface area is 127 Å². The van der Waals surface area contributed by atoms with E-state index < -0.39 is 0 Å². The van der Waals surface area contributed by atoms with Gasteiger partial charge in [-0.2, -0.15) is 0 Å². The molecule has 118 valence electrons. The molecule has 0 aliphatic heterocycles. The molecule has 0 aromatic heterocycles. The van der Waals surface area contributed by atoms with Crippen LogP contribution in [0, 0.1) is 5.92 Å². The largest absolute Gasteiger partial charge is 0.507 e. The van der Waals surface area contributed by atoms with Gasteiger partial charge < -0.3 is 19.6 Å². The number of aromatic hydroxyl groups is 1. The number of nitrogens with zero attached hydrogens (tertiary/aromatic N) is 2. The molecule has 0 aliphatic rings. The Hall–Kier alpha value is -1.75. The molecule has 0 spiro atoms. The van der Waals surface area contributed by atoms with E-state index in [9.17, 15) is 9.90 Å². The molecular formula is C16H26N2O3. The summed E-state index contributed by atoms with van der Waals surface area (Å²) >= 11 is 0. The summed E-state index contributed by atoms with van der Waals surface area (Å²) < 4.78 is 5.13. The van der Waals surface area contributed by atoms with E-state index in [1.807, 2.05) is 19.0 Å². The highest BCUT2D eigenvalue weighted by molar-refractivity contribution is 5.97. The molecule has 0 heterocycles. The standard InChI is InChI=1S/C16H26N2O3/c1-12(2)11-18(9-8-17(3)4)16(20)14-10-13(21-5)6-7-15(14)19/h6-7,10,12,19H,8-9,11H2,1-5H3. The highest BCUT2D eigenvalue weighted by Crippen LogP contribution is 2.24. The van der Waals surface area contributed by atoms with Gasteiger partial charge in [-0.3, -0.25) is 4.79 Å². The molecule has 1 aromatic rings. The zero-order chi connectivity index (χ0) is 16.0. The van der Waals surface area contributed by atoms with Crippen LogP contribution in [0.3, 0.4) is 0 Å². The molecule has 0 unspecified atom stereocenters. The van der Waals surface area contributed by atoms with E-state index in [1.165, 1.54) is 6.07 Å². The topological polar surface area (TPSA) is 53.0 Å². The van der Waals surface area contributed by atoms with E-state index in [2.05, 4.69) is 13.8 Å². The minimum atomic E-state index is -0.165. The number of carbonyl (C=O) groups excluding carboxylic acids is 1. The summed E-state index contributed by atoms with van der Waals surface area (Å²) in [6.45, 7) is 6.20. The second-order valence-corrected chi connectivity index (χ2v) is 5.83. The van der Waals surface area contributed by atoms with Gasteiger partial charge in [0.05, 0.1) is 12.7 Å². The maximum atomic E-state index is 12.7. The Morgan fingerprint density at radius 3 is 2.48 bits per heavy atom. The van der Waals surface area contributed by atoms with Crippen molar-refractivity contribution < 1.29 is 14.6 Å². The molecule has 5 nitrogen and oxygen atoms in total. The lowest BCUT2D eigenvalue weighted by molar-refractivity contribution is 0.0721. The van der Waals surface area contributed by atoms with Gasteiger partial charge in [0.1, 0.15) is 11.5 Å². The summed E-state index contributed by atoms with van der Waals surface area (Å²) in [4.78, 5) is 16.5. The van der Waals surface area contributed by atoms with E-state index in [0.29, 0.717) is 24.8 Å². The Balaban J connectivity index is 2.97. The van der Waals surface area contributed by atoms with Crippen LogP contribution in [0.25, 0.3) is 0 Å². The zero-order valence-corrected chi connectivity index (χ0v) is 13.6. The van der Waals surface area contributed by atoms with Crippen LogP contribution in [0.1, 0.15) is 24.2 Å².